The van der Waals surface area contributed by atoms with E-state index in [4.69, 9.17) is 14.2 Å². The third-order valence-corrected chi connectivity index (χ3v) is 10.7. The number of nitrogens with one attached hydrogen (secondary N) is 2. The number of piperidine rings is 1. The quantitative estimate of drug-likeness (QED) is 0.394. The van der Waals surface area contributed by atoms with Crippen molar-refractivity contribution in [2.75, 3.05) is 26.9 Å². The van der Waals surface area contributed by atoms with Crippen LogP contribution < -0.4 is 14.2 Å². The molecule has 2 bridgehead atoms. The van der Waals surface area contributed by atoms with Gasteiger partial charge < -0.3 is 19.2 Å². The molecule has 2 aliphatic heterocycles. The highest BCUT2D eigenvalue weighted by molar-refractivity contribution is 7.91. The summed E-state index contributed by atoms with van der Waals surface area (Å²) in [5.74, 6) is 0.879. The Morgan fingerprint density at radius 2 is 1.90 bits per heavy atom. The Labute approximate surface area is 248 Å². The van der Waals surface area contributed by atoms with Gasteiger partial charge in [0.1, 0.15) is 11.5 Å². The van der Waals surface area contributed by atoms with E-state index >= 15 is 0 Å². The normalized spacial score (nSPS) is 22.2. The first-order chi connectivity index (χ1) is 20.3. The molecule has 3 aliphatic rings. The van der Waals surface area contributed by atoms with Crippen LogP contribution in [0.3, 0.4) is 0 Å². The van der Waals surface area contributed by atoms with Crippen LogP contribution in [0, 0.1) is 6.92 Å². The van der Waals surface area contributed by atoms with Gasteiger partial charge >= 0.3 is 0 Å². The first-order valence-electron chi connectivity index (χ1n) is 15.2. The number of amides is 1. The number of methoxy groups -OCH3 is 1. The summed E-state index contributed by atoms with van der Waals surface area (Å²) in [5.41, 5.74) is 4.65. The number of nitrogens with zero attached hydrogens (tertiary/aromatic N) is 1. The molecule has 42 heavy (non-hydrogen) atoms. The van der Waals surface area contributed by atoms with Gasteiger partial charge in [0.2, 0.25) is 10.0 Å². The molecule has 3 heterocycles. The number of carbonyl (C=O) groups is 1. The number of rotatable bonds is 6. The molecule has 0 spiro atoms. The number of likely N-dealkylation sites (tertiary alicyclic amines) is 1. The van der Waals surface area contributed by atoms with Gasteiger partial charge in [0.25, 0.3) is 5.91 Å². The van der Waals surface area contributed by atoms with Crippen molar-refractivity contribution < 1.29 is 27.4 Å². The number of aryl methyl sites for hydroxylation is 1. The topological polar surface area (TPSA) is 110 Å². The summed E-state index contributed by atoms with van der Waals surface area (Å²) in [7, 11) is -1.93. The van der Waals surface area contributed by atoms with Crippen LogP contribution in [0.15, 0.2) is 36.5 Å². The Morgan fingerprint density at radius 3 is 2.69 bits per heavy atom. The van der Waals surface area contributed by atoms with Crippen molar-refractivity contribution in [3.8, 4) is 11.5 Å². The van der Waals surface area contributed by atoms with E-state index in [1.54, 1.807) is 19.2 Å². The smallest absolute Gasteiger partial charge is 0.264 e. The lowest BCUT2D eigenvalue weighted by Crippen LogP contribution is -2.40. The van der Waals surface area contributed by atoms with Gasteiger partial charge in [0, 0.05) is 59.5 Å². The Balaban J connectivity index is 1.36. The second-order valence-corrected chi connectivity index (χ2v) is 13.8. The number of aromatic amines is 1. The molecular formula is C32H41N3O6S. The summed E-state index contributed by atoms with van der Waals surface area (Å²) < 4.78 is 45.8. The zero-order valence-corrected chi connectivity index (χ0v) is 25.3. The summed E-state index contributed by atoms with van der Waals surface area (Å²) in [6.45, 7) is 4.89. The molecule has 2 N–H and O–H groups in total. The molecule has 10 heteroatoms. The van der Waals surface area contributed by atoms with Crippen LogP contribution in [0.1, 0.15) is 84.5 Å². The van der Waals surface area contributed by atoms with Crippen LogP contribution in [0.5, 0.6) is 11.5 Å². The lowest BCUT2D eigenvalue weighted by molar-refractivity contribution is -0.0203. The zero-order chi connectivity index (χ0) is 29.3. The Hall–Kier alpha value is -3.08. The minimum atomic E-state index is -3.65. The first-order valence-corrected chi connectivity index (χ1v) is 16.7. The first kappa shape index (κ1) is 29.0. The Bertz CT molecular complexity index is 1550. The molecule has 226 valence electrons. The van der Waals surface area contributed by atoms with E-state index in [0.29, 0.717) is 31.7 Å². The maximum Gasteiger partial charge on any atom is 0.264 e. The molecule has 3 aromatic rings. The van der Waals surface area contributed by atoms with Crippen LogP contribution in [-0.2, 0) is 21.3 Å². The fourth-order valence-corrected chi connectivity index (χ4v) is 7.65. The van der Waals surface area contributed by atoms with Gasteiger partial charge in [-0.3, -0.25) is 9.69 Å². The van der Waals surface area contributed by atoms with Gasteiger partial charge in [0.05, 0.1) is 25.1 Å². The number of carbonyl (C=O) groups excluding carboxylic acids is 1. The second kappa shape index (κ2) is 12.3. The molecule has 1 saturated heterocycles. The van der Waals surface area contributed by atoms with E-state index < -0.39 is 21.2 Å². The van der Waals surface area contributed by atoms with Crippen molar-refractivity contribution in [3.05, 3.63) is 58.8 Å². The van der Waals surface area contributed by atoms with Crippen molar-refractivity contribution in [3.63, 3.8) is 0 Å². The van der Waals surface area contributed by atoms with Gasteiger partial charge in [-0.25, -0.2) is 13.1 Å². The van der Waals surface area contributed by atoms with Crippen LogP contribution >= 0.6 is 0 Å². The lowest BCUT2D eigenvalue weighted by Gasteiger charge is -2.40. The van der Waals surface area contributed by atoms with Gasteiger partial charge in [-0.2, -0.15) is 0 Å². The molecule has 0 radical (unpaired) electrons. The third-order valence-electron chi connectivity index (χ3n) is 8.84. The van der Waals surface area contributed by atoms with E-state index in [1.165, 1.54) is 0 Å². The third kappa shape index (κ3) is 6.16. The van der Waals surface area contributed by atoms with E-state index in [9.17, 15) is 13.2 Å². The lowest BCUT2D eigenvalue weighted by atomic mass is 9.90. The van der Waals surface area contributed by atoms with Gasteiger partial charge in [-0.1, -0.05) is 12.5 Å². The van der Waals surface area contributed by atoms with E-state index in [-0.39, 0.29) is 17.7 Å². The highest BCUT2D eigenvalue weighted by atomic mass is 32.2. The second-order valence-electron chi connectivity index (χ2n) is 11.8. The summed E-state index contributed by atoms with van der Waals surface area (Å²) in [5, 5.41) is 0.680. The fraction of sp³-hybridized carbons (Fsp3) is 0.531. The predicted octanol–water partition coefficient (Wildman–Crippen LogP) is 5.38. The largest absolute Gasteiger partial charge is 0.496 e. The SMILES string of the molecule is COc1cc(C)c2[nH]ccc2c1CN1CC[C@H]2C[C@H]1c1ccc(C(=O)NS(=O)(=O)C3CC3)cc1OCCCCCCO2. The highest BCUT2D eigenvalue weighted by Gasteiger charge is 2.37. The highest BCUT2D eigenvalue weighted by Crippen LogP contribution is 2.41. The zero-order valence-electron chi connectivity index (χ0n) is 24.5. The number of hydrogen-bond acceptors (Lipinski definition) is 7. The van der Waals surface area contributed by atoms with Crippen molar-refractivity contribution in [1.82, 2.24) is 14.6 Å². The number of benzene rings is 2. The molecule has 1 amide bonds. The number of aromatic nitrogens is 1. The molecule has 1 aromatic heterocycles. The average Bonchev–Trinajstić information content (AvgIpc) is 3.73. The summed E-state index contributed by atoms with van der Waals surface area (Å²) in [6, 6.07) is 9.55. The van der Waals surface area contributed by atoms with Gasteiger partial charge in [-0.05, 0) is 81.7 Å². The van der Waals surface area contributed by atoms with Crippen LogP contribution in [0.25, 0.3) is 10.9 Å². The molecular weight excluding hydrogens is 554 g/mol. The summed E-state index contributed by atoms with van der Waals surface area (Å²) >= 11 is 0. The van der Waals surface area contributed by atoms with E-state index in [0.717, 1.165) is 85.0 Å². The van der Waals surface area contributed by atoms with Crippen molar-refractivity contribution >= 4 is 26.8 Å². The molecule has 1 aliphatic carbocycles. The van der Waals surface area contributed by atoms with Crippen LogP contribution in [0.4, 0.5) is 0 Å². The fourth-order valence-electron chi connectivity index (χ4n) is 6.35. The molecule has 2 atom stereocenters. The number of H-pyrrole nitrogens is 1. The maximum absolute atomic E-state index is 13.0. The molecule has 9 nitrogen and oxygen atoms in total. The summed E-state index contributed by atoms with van der Waals surface area (Å²) in [6.07, 6.45) is 9.06. The monoisotopic (exact) mass is 595 g/mol. The molecule has 2 fully saturated rings. The number of ether oxygens (including phenoxy) is 3. The molecule has 6 rings (SSSR count). The maximum atomic E-state index is 13.0. The van der Waals surface area contributed by atoms with Crippen molar-refractivity contribution in [1.29, 1.82) is 0 Å². The van der Waals surface area contributed by atoms with Crippen LogP contribution in [0.2, 0.25) is 0 Å². The molecule has 1 saturated carbocycles. The Morgan fingerprint density at radius 1 is 1.10 bits per heavy atom. The van der Waals surface area contributed by atoms with E-state index in [1.807, 2.05) is 12.3 Å². The van der Waals surface area contributed by atoms with E-state index in [2.05, 4.69) is 33.7 Å². The molecule has 0 unspecified atom stereocenters. The average molecular weight is 596 g/mol. The minimum absolute atomic E-state index is 0.0215. The summed E-state index contributed by atoms with van der Waals surface area (Å²) in [4.78, 5) is 18.9. The van der Waals surface area contributed by atoms with Gasteiger partial charge in [-0.15, -0.1) is 0 Å². The van der Waals surface area contributed by atoms with Crippen molar-refractivity contribution in [2.45, 2.75) is 82.2 Å². The predicted molar refractivity (Wildman–Crippen MR) is 162 cm³/mol. The minimum Gasteiger partial charge on any atom is -0.496 e. The standard InChI is InChI=1S/C32H41N3O6S/c1-21-17-29(39-2)27(25-11-13-33-31(21)25)20-35-14-12-23-19-28(35)26-10-7-22(32(36)34-42(37,38)24-8-9-24)18-30(26)41-16-6-4-3-5-15-40-23/h7,10-11,13,17-18,23-24,28,33H,3-6,8-9,12,14-16,19-20H2,1-2H3,(H,34,36)/t23-,28-/m0/s1. The number of sulfonamides is 1. The van der Waals surface area contributed by atoms with Crippen molar-refractivity contribution in [2.24, 2.45) is 0 Å². The van der Waals surface area contributed by atoms with Gasteiger partial charge in [0.15, 0.2) is 0 Å². The Kier molecular flexibility index (Phi) is 8.47. The van der Waals surface area contributed by atoms with Crippen LogP contribution in [-0.4, -0.2) is 62.4 Å². The molecule has 2 aromatic carbocycles. The number of hydrogen-bond donors (Lipinski definition) is 2. The number of fused-ring (bicyclic) bond motifs is 5.